The van der Waals surface area contributed by atoms with Crippen LogP contribution in [0.1, 0.15) is 19.4 Å². The van der Waals surface area contributed by atoms with Crippen molar-refractivity contribution in [3.8, 4) is 5.75 Å². The number of rotatable bonds is 7. The number of nitrogens with one attached hydrogen (secondary N) is 1. The highest BCUT2D eigenvalue weighted by Gasteiger charge is 2.37. The monoisotopic (exact) mass is 464 g/mol. The SMILES string of the molecule is CC(C)Oc1ccc(N=C2NC(=O)N(CC(=O)O)C(O)N2Cc2ccc(Cl)cc2)cc1F. The Morgan fingerprint density at radius 1 is 1.25 bits per heavy atom. The molecule has 11 heteroatoms. The Morgan fingerprint density at radius 3 is 2.53 bits per heavy atom. The molecule has 3 rings (SSSR count). The van der Waals surface area contributed by atoms with Crippen LogP contribution < -0.4 is 10.1 Å². The molecule has 9 nitrogen and oxygen atoms in total. The van der Waals surface area contributed by atoms with Crippen LogP contribution in [0.25, 0.3) is 0 Å². The third-order valence-corrected chi connectivity index (χ3v) is 4.65. The Labute approximate surface area is 188 Å². The van der Waals surface area contributed by atoms with Gasteiger partial charge >= 0.3 is 12.0 Å². The van der Waals surface area contributed by atoms with Gasteiger partial charge in [-0.2, -0.15) is 0 Å². The Bertz CT molecular complexity index is 1030. The topological polar surface area (TPSA) is 115 Å². The first kappa shape index (κ1) is 23.3. The number of aliphatic imine (C=N–C) groups is 1. The molecule has 0 aromatic heterocycles. The number of carboxylic acids is 1. The Morgan fingerprint density at radius 2 is 1.94 bits per heavy atom. The number of benzene rings is 2. The molecule has 1 saturated heterocycles. The number of hydrogen-bond acceptors (Lipinski definition) is 5. The van der Waals surface area contributed by atoms with Crippen molar-refractivity contribution in [2.45, 2.75) is 32.8 Å². The number of guanidine groups is 1. The third kappa shape index (κ3) is 5.65. The Kier molecular flexibility index (Phi) is 7.16. The number of amides is 2. The molecule has 2 amide bonds. The summed E-state index contributed by atoms with van der Waals surface area (Å²) in [5, 5.41) is 22.8. The lowest BCUT2D eigenvalue weighted by molar-refractivity contribution is -0.143. The minimum Gasteiger partial charge on any atom is -0.488 e. The molecule has 32 heavy (non-hydrogen) atoms. The average molecular weight is 465 g/mol. The second kappa shape index (κ2) is 9.84. The van der Waals surface area contributed by atoms with Gasteiger partial charge in [0.25, 0.3) is 0 Å². The molecule has 1 unspecified atom stereocenters. The van der Waals surface area contributed by atoms with E-state index in [9.17, 15) is 19.1 Å². The molecule has 1 aliphatic heterocycles. The van der Waals surface area contributed by atoms with Crippen molar-refractivity contribution in [3.05, 3.63) is 58.9 Å². The maximum absolute atomic E-state index is 14.4. The smallest absolute Gasteiger partial charge is 0.328 e. The summed E-state index contributed by atoms with van der Waals surface area (Å²) in [6.45, 7) is 2.87. The standard InChI is InChI=1S/C21H22ClFN4O5/c1-12(2)32-17-8-7-15(9-16(17)23)24-19-25-20(30)27(11-18(28)29)21(31)26(19)10-13-3-5-14(22)6-4-13/h3-9,12,21,31H,10-11H2,1-2H3,(H,28,29)(H,24,25,30). The molecule has 0 saturated carbocycles. The summed E-state index contributed by atoms with van der Waals surface area (Å²) in [4.78, 5) is 29.8. The maximum atomic E-state index is 14.4. The molecule has 1 atom stereocenters. The van der Waals surface area contributed by atoms with Crippen LogP contribution in [0.15, 0.2) is 47.5 Å². The Balaban J connectivity index is 1.95. The van der Waals surface area contributed by atoms with E-state index in [0.29, 0.717) is 10.6 Å². The predicted molar refractivity (Wildman–Crippen MR) is 115 cm³/mol. The number of carboxylic acid groups (broad SMARTS) is 1. The van der Waals surface area contributed by atoms with Gasteiger partial charge in [0.05, 0.1) is 18.3 Å². The van der Waals surface area contributed by atoms with Crippen LogP contribution in [0.4, 0.5) is 14.9 Å². The van der Waals surface area contributed by atoms with E-state index >= 15 is 0 Å². The number of hydrogen-bond donors (Lipinski definition) is 3. The van der Waals surface area contributed by atoms with Gasteiger partial charge in [0, 0.05) is 11.1 Å². The lowest BCUT2D eigenvalue weighted by Gasteiger charge is -2.41. The first-order valence-corrected chi connectivity index (χ1v) is 10.1. The van der Waals surface area contributed by atoms with Crippen LogP contribution in [0.5, 0.6) is 5.75 Å². The molecule has 0 bridgehead atoms. The molecule has 3 N–H and O–H groups in total. The first-order valence-electron chi connectivity index (χ1n) is 9.67. The van der Waals surface area contributed by atoms with Crippen molar-refractivity contribution in [2.75, 3.05) is 6.54 Å². The predicted octanol–water partition coefficient (Wildman–Crippen LogP) is 3.14. The van der Waals surface area contributed by atoms with E-state index in [1.807, 2.05) is 0 Å². The first-order chi connectivity index (χ1) is 15.1. The lowest BCUT2D eigenvalue weighted by atomic mass is 10.2. The zero-order chi connectivity index (χ0) is 23.4. The van der Waals surface area contributed by atoms with Crippen LogP contribution in [0.3, 0.4) is 0 Å². The molecule has 1 aliphatic rings. The molecule has 0 aliphatic carbocycles. The van der Waals surface area contributed by atoms with E-state index in [1.165, 1.54) is 17.0 Å². The van der Waals surface area contributed by atoms with E-state index in [1.54, 1.807) is 38.1 Å². The molecule has 1 heterocycles. The average Bonchev–Trinajstić information content (AvgIpc) is 2.71. The van der Waals surface area contributed by atoms with Gasteiger partial charge in [-0.3, -0.25) is 19.9 Å². The molecule has 0 spiro atoms. The van der Waals surface area contributed by atoms with Crippen molar-refractivity contribution >= 4 is 35.2 Å². The van der Waals surface area contributed by atoms with Crippen molar-refractivity contribution in [1.82, 2.24) is 15.1 Å². The number of nitrogens with zero attached hydrogens (tertiary/aromatic N) is 3. The second-order valence-electron chi connectivity index (χ2n) is 7.27. The summed E-state index contributed by atoms with van der Waals surface area (Å²) in [7, 11) is 0. The summed E-state index contributed by atoms with van der Waals surface area (Å²) in [5.74, 6) is -1.95. The van der Waals surface area contributed by atoms with Crippen LogP contribution in [0, 0.1) is 5.82 Å². The van der Waals surface area contributed by atoms with Crippen molar-refractivity contribution in [1.29, 1.82) is 0 Å². The zero-order valence-electron chi connectivity index (χ0n) is 17.3. The van der Waals surface area contributed by atoms with Crippen LogP contribution in [0.2, 0.25) is 5.02 Å². The Hall–Kier alpha value is -3.37. The van der Waals surface area contributed by atoms with Gasteiger partial charge in [-0.05, 0) is 43.7 Å². The van der Waals surface area contributed by atoms with Crippen LogP contribution in [-0.4, -0.2) is 57.0 Å². The van der Waals surface area contributed by atoms with Crippen molar-refractivity contribution in [2.24, 2.45) is 4.99 Å². The number of carbonyl (C=O) groups is 2. The van der Waals surface area contributed by atoms with E-state index in [0.717, 1.165) is 11.0 Å². The van der Waals surface area contributed by atoms with E-state index < -0.39 is 30.7 Å². The fourth-order valence-electron chi connectivity index (χ4n) is 2.99. The highest BCUT2D eigenvalue weighted by atomic mass is 35.5. The highest BCUT2D eigenvalue weighted by Crippen LogP contribution is 2.25. The van der Waals surface area contributed by atoms with Crippen LogP contribution in [-0.2, 0) is 11.3 Å². The van der Waals surface area contributed by atoms with Gasteiger partial charge in [0.15, 0.2) is 11.6 Å². The van der Waals surface area contributed by atoms with Gasteiger partial charge in [0.1, 0.15) is 6.54 Å². The molecule has 170 valence electrons. The zero-order valence-corrected chi connectivity index (χ0v) is 18.1. The lowest BCUT2D eigenvalue weighted by Crippen LogP contribution is -2.66. The van der Waals surface area contributed by atoms with Crippen LogP contribution >= 0.6 is 11.6 Å². The maximum Gasteiger partial charge on any atom is 0.328 e. The fourth-order valence-corrected chi connectivity index (χ4v) is 3.11. The van der Waals surface area contributed by atoms with Crippen molar-refractivity contribution in [3.63, 3.8) is 0 Å². The number of halogens is 2. The van der Waals surface area contributed by atoms with Gasteiger partial charge in [-0.15, -0.1) is 0 Å². The quantitative estimate of drug-likeness (QED) is 0.580. The molecular weight excluding hydrogens is 443 g/mol. The molecule has 2 aromatic carbocycles. The second-order valence-corrected chi connectivity index (χ2v) is 7.71. The summed E-state index contributed by atoms with van der Waals surface area (Å²) >= 11 is 5.91. The molecular formula is C21H22ClFN4O5. The summed E-state index contributed by atoms with van der Waals surface area (Å²) in [6, 6.07) is 9.91. The van der Waals surface area contributed by atoms with Crippen molar-refractivity contribution < 1.29 is 28.9 Å². The number of carbonyl (C=O) groups excluding carboxylic acids is 1. The van der Waals surface area contributed by atoms with Gasteiger partial charge in [-0.25, -0.2) is 14.2 Å². The summed E-state index contributed by atoms with van der Waals surface area (Å²) in [5.41, 5.74) is 0.869. The number of aliphatic hydroxyl groups is 1. The third-order valence-electron chi connectivity index (χ3n) is 4.39. The minimum atomic E-state index is -1.62. The highest BCUT2D eigenvalue weighted by molar-refractivity contribution is 6.30. The van der Waals surface area contributed by atoms with Gasteiger partial charge < -0.3 is 14.9 Å². The largest absolute Gasteiger partial charge is 0.488 e. The number of urea groups is 1. The summed E-state index contributed by atoms with van der Waals surface area (Å²) in [6.07, 6.45) is -1.84. The van der Waals surface area contributed by atoms with E-state index in [2.05, 4.69) is 10.3 Å². The van der Waals surface area contributed by atoms with E-state index in [-0.39, 0.29) is 30.0 Å². The number of aliphatic carboxylic acids is 1. The fraction of sp³-hybridized carbons (Fsp3) is 0.286. The van der Waals surface area contributed by atoms with Gasteiger partial charge in [0.2, 0.25) is 12.3 Å². The number of ether oxygens (including phenoxy) is 1. The molecule has 0 radical (unpaired) electrons. The summed E-state index contributed by atoms with van der Waals surface area (Å²) < 4.78 is 19.7. The minimum absolute atomic E-state index is 0.0577. The molecule has 1 fully saturated rings. The number of aliphatic hydroxyl groups excluding tert-OH is 1. The molecule has 2 aromatic rings. The van der Waals surface area contributed by atoms with E-state index in [4.69, 9.17) is 21.4 Å². The van der Waals surface area contributed by atoms with Gasteiger partial charge in [-0.1, -0.05) is 23.7 Å². The normalized spacial score (nSPS) is 17.6.